The Labute approximate surface area is 125 Å². The third-order valence-corrected chi connectivity index (χ3v) is 3.26. The molecular weight excluding hydrogens is 324 g/mol. The van der Waals surface area contributed by atoms with Gasteiger partial charge in [-0.05, 0) is 36.4 Å². The van der Waals surface area contributed by atoms with Crippen molar-refractivity contribution in [1.82, 2.24) is 0 Å². The molecule has 0 aliphatic carbocycles. The number of nitrogens with two attached hydrogens (primary N) is 1. The molecule has 0 unspecified atom stereocenters. The van der Waals surface area contributed by atoms with Gasteiger partial charge in [0.2, 0.25) is 0 Å². The number of halogens is 1. The van der Waals surface area contributed by atoms with Crippen LogP contribution in [0.15, 0.2) is 46.9 Å². The van der Waals surface area contributed by atoms with E-state index in [0.717, 1.165) is 27.2 Å². The lowest BCUT2D eigenvalue weighted by atomic mass is 10.2. The maximum atomic E-state index is 5.56. The average Bonchev–Trinajstić information content (AvgIpc) is 2.38. The van der Waals surface area contributed by atoms with Crippen LogP contribution in [0.1, 0.15) is 5.56 Å². The Hall–Kier alpha value is -1.59. The minimum atomic E-state index is 0.399. The molecule has 98 valence electrons. The zero-order valence-corrected chi connectivity index (χ0v) is 12.7. The minimum Gasteiger partial charge on any atom is -0.497 e. The van der Waals surface area contributed by atoms with E-state index in [1.165, 1.54) is 0 Å². The first-order chi connectivity index (χ1) is 9.08. The molecule has 0 aliphatic rings. The van der Waals surface area contributed by atoms with Crippen LogP contribution in [0.4, 0.5) is 11.4 Å². The van der Waals surface area contributed by atoms with Crippen molar-refractivity contribution in [3.05, 3.63) is 52.5 Å². The highest BCUT2D eigenvalue weighted by atomic mass is 79.9. The molecule has 0 bridgehead atoms. The third kappa shape index (κ3) is 3.68. The summed E-state index contributed by atoms with van der Waals surface area (Å²) in [4.78, 5) is 0.399. The molecule has 0 saturated carbocycles. The fourth-order valence-electron chi connectivity index (χ4n) is 1.64. The van der Waals surface area contributed by atoms with Crippen LogP contribution >= 0.6 is 28.1 Å². The van der Waals surface area contributed by atoms with E-state index in [1.54, 1.807) is 7.11 Å². The highest BCUT2D eigenvalue weighted by Gasteiger charge is 2.01. The smallest absolute Gasteiger partial charge is 0.122 e. The van der Waals surface area contributed by atoms with Crippen LogP contribution in [0, 0.1) is 0 Å². The van der Waals surface area contributed by atoms with Crippen LogP contribution in [0.5, 0.6) is 5.75 Å². The number of hydrogen-bond acceptors (Lipinski definition) is 3. The van der Waals surface area contributed by atoms with Gasteiger partial charge in [0.05, 0.1) is 7.11 Å². The van der Waals surface area contributed by atoms with E-state index in [2.05, 4.69) is 21.2 Å². The summed E-state index contributed by atoms with van der Waals surface area (Å²) < 4.78 is 6.17. The highest BCUT2D eigenvalue weighted by molar-refractivity contribution is 9.10. The maximum absolute atomic E-state index is 5.56. The summed E-state index contributed by atoms with van der Waals surface area (Å²) in [6.07, 6.45) is 0. The number of methoxy groups -OCH3 is 1. The SMILES string of the molecule is COc1cc(Br)cc(Nc2ccc(C(N)=S)cc2)c1. The van der Waals surface area contributed by atoms with E-state index >= 15 is 0 Å². The van der Waals surface area contributed by atoms with Gasteiger partial charge in [-0.3, -0.25) is 0 Å². The highest BCUT2D eigenvalue weighted by Crippen LogP contribution is 2.26. The van der Waals surface area contributed by atoms with Crippen molar-refractivity contribution < 1.29 is 4.74 Å². The first-order valence-electron chi connectivity index (χ1n) is 5.60. The van der Waals surface area contributed by atoms with Crippen LogP contribution in [0.25, 0.3) is 0 Å². The predicted octanol–water partition coefficient (Wildman–Crippen LogP) is 3.84. The molecule has 0 saturated heterocycles. The van der Waals surface area contributed by atoms with Crippen LogP contribution in [-0.4, -0.2) is 12.1 Å². The van der Waals surface area contributed by atoms with Gasteiger partial charge in [-0.1, -0.05) is 28.1 Å². The van der Waals surface area contributed by atoms with Crippen molar-refractivity contribution in [2.75, 3.05) is 12.4 Å². The first kappa shape index (κ1) is 13.8. The first-order valence-corrected chi connectivity index (χ1v) is 6.80. The summed E-state index contributed by atoms with van der Waals surface area (Å²) in [6, 6.07) is 13.4. The number of anilines is 2. The number of nitrogens with one attached hydrogen (secondary N) is 1. The molecule has 0 spiro atoms. The van der Waals surface area contributed by atoms with E-state index in [1.807, 2.05) is 42.5 Å². The van der Waals surface area contributed by atoms with Crippen molar-refractivity contribution in [2.45, 2.75) is 0 Å². The fraction of sp³-hybridized carbons (Fsp3) is 0.0714. The summed E-state index contributed by atoms with van der Waals surface area (Å²) in [5.74, 6) is 0.789. The third-order valence-electron chi connectivity index (χ3n) is 2.57. The molecule has 0 amide bonds. The van der Waals surface area contributed by atoms with Gasteiger partial charge in [0, 0.05) is 27.5 Å². The standard InChI is InChI=1S/C14H13BrN2OS/c1-18-13-7-10(15)6-12(8-13)17-11-4-2-9(3-5-11)14(16)19/h2-8,17H,1H3,(H2,16,19). The van der Waals surface area contributed by atoms with E-state index in [9.17, 15) is 0 Å². The molecule has 2 aromatic carbocycles. The maximum Gasteiger partial charge on any atom is 0.122 e. The Morgan fingerprint density at radius 3 is 2.42 bits per heavy atom. The zero-order chi connectivity index (χ0) is 13.8. The Morgan fingerprint density at radius 1 is 1.16 bits per heavy atom. The summed E-state index contributed by atoms with van der Waals surface area (Å²) in [5.41, 5.74) is 8.31. The number of hydrogen-bond donors (Lipinski definition) is 2. The lowest BCUT2D eigenvalue weighted by Crippen LogP contribution is -2.08. The van der Waals surface area contributed by atoms with Gasteiger partial charge in [-0.25, -0.2) is 0 Å². The largest absolute Gasteiger partial charge is 0.497 e. The van der Waals surface area contributed by atoms with Gasteiger partial charge in [-0.15, -0.1) is 0 Å². The molecule has 2 aromatic rings. The summed E-state index contributed by atoms with van der Waals surface area (Å²) in [6.45, 7) is 0. The molecule has 19 heavy (non-hydrogen) atoms. The van der Waals surface area contributed by atoms with E-state index in [-0.39, 0.29) is 0 Å². The van der Waals surface area contributed by atoms with E-state index in [0.29, 0.717) is 4.99 Å². The zero-order valence-electron chi connectivity index (χ0n) is 10.3. The quantitative estimate of drug-likeness (QED) is 0.833. The molecule has 3 nitrogen and oxygen atoms in total. The Balaban J connectivity index is 2.21. The molecular formula is C14H13BrN2OS. The molecule has 5 heteroatoms. The monoisotopic (exact) mass is 336 g/mol. The van der Waals surface area contributed by atoms with Crippen molar-refractivity contribution in [2.24, 2.45) is 5.73 Å². The van der Waals surface area contributed by atoms with Gasteiger partial charge in [0.15, 0.2) is 0 Å². The van der Waals surface area contributed by atoms with Crippen molar-refractivity contribution >= 4 is 44.5 Å². The van der Waals surface area contributed by atoms with Gasteiger partial charge in [-0.2, -0.15) is 0 Å². The van der Waals surface area contributed by atoms with E-state index in [4.69, 9.17) is 22.7 Å². The van der Waals surface area contributed by atoms with Crippen LogP contribution in [0.3, 0.4) is 0 Å². The van der Waals surface area contributed by atoms with Crippen molar-refractivity contribution in [3.63, 3.8) is 0 Å². The minimum absolute atomic E-state index is 0.399. The number of thiocarbonyl (C=S) groups is 1. The number of rotatable bonds is 4. The normalized spacial score (nSPS) is 10.0. The van der Waals surface area contributed by atoms with Gasteiger partial charge >= 0.3 is 0 Å². The van der Waals surface area contributed by atoms with Crippen molar-refractivity contribution in [3.8, 4) is 5.75 Å². The van der Waals surface area contributed by atoms with Crippen LogP contribution in [0.2, 0.25) is 0 Å². The molecule has 0 aromatic heterocycles. The molecule has 0 fully saturated rings. The number of benzene rings is 2. The summed E-state index contributed by atoms with van der Waals surface area (Å²) >= 11 is 8.36. The second-order valence-electron chi connectivity index (χ2n) is 3.95. The lowest BCUT2D eigenvalue weighted by molar-refractivity contribution is 0.415. The Morgan fingerprint density at radius 2 is 1.84 bits per heavy atom. The van der Waals surface area contributed by atoms with Gasteiger partial charge < -0.3 is 15.8 Å². The van der Waals surface area contributed by atoms with Crippen LogP contribution in [-0.2, 0) is 0 Å². The fourth-order valence-corrected chi connectivity index (χ4v) is 2.25. The second-order valence-corrected chi connectivity index (χ2v) is 5.30. The average molecular weight is 337 g/mol. The molecule has 0 atom stereocenters. The molecule has 0 radical (unpaired) electrons. The van der Waals surface area contributed by atoms with Crippen LogP contribution < -0.4 is 15.8 Å². The number of ether oxygens (including phenoxy) is 1. The predicted molar refractivity (Wildman–Crippen MR) is 86.3 cm³/mol. The molecule has 0 aliphatic heterocycles. The summed E-state index contributed by atoms with van der Waals surface area (Å²) in [5, 5.41) is 3.29. The Kier molecular flexibility index (Phi) is 4.39. The lowest BCUT2D eigenvalue weighted by Gasteiger charge is -2.09. The van der Waals surface area contributed by atoms with Gasteiger partial charge in [0.1, 0.15) is 10.7 Å². The molecule has 0 heterocycles. The van der Waals surface area contributed by atoms with Gasteiger partial charge in [0.25, 0.3) is 0 Å². The topological polar surface area (TPSA) is 47.3 Å². The molecule has 2 rings (SSSR count). The second kappa shape index (κ2) is 6.04. The van der Waals surface area contributed by atoms with Crippen molar-refractivity contribution in [1.29, 1.82) is 0 Å². The Bertz CT molecular complexity index is 599. The van der Waals surface area contributed by atoms with E-state index < -0.39 is 0 Å². The summed E-state index contributed by atoms with van der Waals surface area (Å²) in [7, 11) is 1.64. The molecule has 3 N–H and O–H groups in total.